The van der Waals surface area contributed by atoms with Crippen LogP contribution in [0.2, 0.25) is 0 Å². The highest BCUT2D eigenvalue weighted by Gasteiger charge is 2.31. The molecule has 2 aromatic rings. The topological polar surface area (TPSA) is 42.7 Å². The monoisotopic (exact) mass is 359 g/mol. The van der Waals surface area contributed by atoms with Crippen molar-refractivity contribution >= 4 is 40.3 Å². The van der Waals surface area contributed by atoms with Gasteiger partial charge in [0.2, 0.25) is 0 Å². The molecule has 1 fully saturated rings. The summed E-state index contributed by atoms with van der Waals surface area (Å²) in [6, 6.07) is 13.6. The maximum Gasteiger partial charge on any atom is 0.266 e. The molecule has 1 aliphatic rings. The lowest BCUT2D eigenvalue weighted by Crippen LogP contribution is -2.29. The zero-order chi connectivity index (χ0) is 16.9. The normalized spacial score (nSPS) is 16.4. The number of amides is 1. The second-order valence-electron chi connectivity index (χ2n) is 5.25. The molecule has 0 bridgehead atoms. The van der Waals surface area contributed by atoms with Gasteiger partial charge in [0.15, 0.2) is 0 Å². The first-order valence-electron chi connectivity index (χ1n) is 7.58. The van der Waals surface area contributed by atoms with Crippen LogP contribution >= 0.6 is 24.0 Å². The van der Waals surface area contributed by atoms with E-state index in [1.165, 1.54) is 11.8 Å². The fourth-order valence-corrected chi connectivity index (χ4v) is 3.67. The van der Waals surface area contributed by atoms with Crippen LogP contribution in [0.4, 0.5) is 0 Å². The summed E-state index contributed by atoms with van der Waals surface area (Å²) in [6.45, 7) is 1.18. The summed E-state index contributed by atoms with van der Waals surface area (Å²) in [7, 11) is 1.64. The Morgan fingerprint density at radius 1 is 1.25 bits per heavy atom. The van der Waals surface area contributed by atoms with Gasteiger partial charge in [-0.2, -0.15) is 0 Å². The molecule has 0 unspecified atom stereocenters. The van der Waals surface area contributed by atoms with E-state index < -0.39 is 0 Å². The van der Waals surface area contributed by atoms with Gasteiger partial charge in [0.05, 0.1) is 4.91 Å². The van der Waals surface area contributed by atoms with Crippen LogP contribution in [-0.2, 0) is 9.53 Å². The first-order valence-corrected chi connectivity index (χ1v) is 8.81. The van der Waals surface area contributed by atoms with Crippen LogP contribution in [0.3, 0.4) is 0 Å². The Morgan fingerprint density at radius 3 is 2.79 bits per heavy atom. The molecule has 0 spiro atoms. The summed E-state index contributed by atoms with van der Waals surface area (Å²) in [5.74, 6) is 1.35. The molecular weight excluding hydrogens is 342 g/mol. The average molecular weight is 359 g/mol. The van der Waals surface area contributed by atoms with Crippen LogP contribution in [0.15, 0.2) is 51.8 Å². The molecule has 24 heavy (non-hydrogen) atoms. The van der Waals surface area contributed by atoms with Gasteiger partial charge in [-0.15, -0.1) is 0 Å². The van der Waals surface area contributed by atoms with Crippen LogP contribution < -0.4 is 0 Å². The predicted molar refractivity (Wildman–Crippen MR) is 101 cm³/mol. The first-order chi connectivity index (χ1) is 11.7. The van der Waals surface area contributed by atoms with E-state index in [0.29, 0.717) is 28.1 Å². The van der Waals surface area contributed by atoms with Crippen LogP contribution in [0.1, 0.15) is 12.2 Å². The van der Waals surface area contributed by atoms with Crippen molar-refractivity contribution in [1.82, 2.24) is 4.90 Å². The highest BCUT2D eigenvalue weighted by molar-refractivity contribution is 8.26. The summed E-state index contributed by atoms with van der Waals surface area (Å²) in [5, 5.41) is 0. The molecule has 1 aliphatic heterocycles. The number of carbonyl (C=O) groups excluding carboxylic acids is 1. The van der Waals surface area contributed by atoms with Crippen molar-refractivity contribution in [3.05, 3.63) is 53.1 Å². The van der Waals surface area contributed by atoms with Crippen LogP contribution in [0.5, 0.6) is 0 Å². The SMILES string of the molecule is COCCCN1C(=O)C(=Cc2ccc(-c3ccccc3)o2)SC1=S. The number of furan rings is 1. The van der Waals surface area contributed by atoms with Crippen LogP contribution in [0.25, 0.3) is 17.4 Å². The summed E-state index contributed by atoms with van der Waals surface area (Å²) in [6.07, 6.45) is 2.51. The van der Waals surface area contributed by atoms with Gasteiger partial charge in [-0.25, -0.2) is 0 Å². The van der Waals surface area contributed by atoms with Crippen LogP contribution in [0, 0.1) is 0 Å². The van der Waals surface area contributed by atoms with E-state index >= 15 is 0 Å². The van der Waals surface area contributed by atoms with Crippen molar-refractivity contribution < 1.29 is 13.9 Å². The molecule has 0 aliphatic carbocycles. The number of carbonyl (C=O) groups is 1. The third-order valence-corrected chi connectivity index (χ3v) is 4.94. The molecule has 4 nitrogen and oxygen atoms in total. The number of methoxy groups -OCH3 is 1. The molecule has 0 N–H and O–H groups in total. The highest BCUT2D eigenvalue weighted by Crippen LogP contribution is 2.33. The summed E-state index contributed by atoms with van der Waals surface area (Å²) >= 11 is 6.61. The van der Waals surface area contributed by atoms with E-state index in [-0.39, 0.29) is 5.91 Å². The first kappa shape index (κ1) is 17.0. The van der Waals surface area contributed by atoms with Gasteiger partial charge in [-0.05, 0) is 18.6 Å². The van der Waals surface area contributed by atoms with Gasteiger partial charge in [-0.1, -0.05) is 54.3 Å². The van der Waals surface area contributed by atoms with E-state index in [9.17, 15) is 4.79 Å². The Hall–Kier alpha value is -1.89. The van der Waals surface area contributed by atoms with Crippen LogP contribution in [-0.4, -0.2) is 35.4 Å². The Morgan fingerprint density at radius 2 is 2.04 bits per heavy atom. The Balaban J connectivity index is 1.74. The Kier molecular flexibility index (Phi) is 5.50. The molecule has 0 atom stereocenters. The predicted octanol–water partition coefficient (Wildman–Crippen LogP) is 4.18. The van der Waals surface area contributed by atoms with Gasteiger partial charge in [0.1, 0.15) is 15.8 Å². The fraction of sp³-hybridized carbons (Fsp3) is 0.222. The minimum atomic E-state index is -0.0706. The largest absolute Gasteiger partial charge is 0.457 e. The van der Waals surface area contributed by atoms with Crippen molar-refractivity contribution in [1.29, 1.82) is 0 Å². The third kappa shape index (κ3) is 3.77. The van der Waals surface area contributed by atoms with Gasteiger partial charge in [0, 0.05) is 31.9 Å². The quantitative estimate of drug-likeness (QED) is 0.440. The van der Waals surface area contributed by atoms with Crippen molar-refractivity contribution in [3.63, 3.8) is 0 Å². The second-order valence-corrected chi connectivity index (χ2v) is 6.92. The maximum atomic E-state index is 12.5. The average Bonchev–Trinajstić information content (AvgIpc) is 3.16. The minimum Gasteiger partial charge on any atom is -0.457 e. The molecule has 124 valence electrons. The summed E-state index contributed by atoms with van der Waals surface area (Å²) < 4.78 is 11.4. The van der Waals surface area contributed by atoms with E-state index in [1.54, 1.807) is 18.1 Å². The Labute approximate surface area is 150 Å². The maximum absolute atomic E-state index is 12.5. The molecule has 1 aromatic heterocycles. The second kappa shape index (κ2) is 7.79. The molecule has 1 aromatic carbocycles. The molecule has 1 saturated heterocycles. The van der Waals surface area contributed by atoms with E-state index in [4.69, 9.17) is 21.4 Å². The lowest BCUT2D eigenvalue weighted by atomic mass is 10.2. The van der Waals surface area contributed by atoms with E-state index in [0.717, 1.165) is 17.7 Å². The minimum absolute atomic E-state index is 0.0706. The number of ether oxygens (including phenoxy) is 1. The number of hydrogen-bond acceptors (Lipinski definition) is 5. The molecule has 0 radical (unpaired) electrons. The lowest BCUT2D eigenvalue weighted by molar-refractivity contribution is -0.122. The molecule has 3 rings (SSSR count). The standard InChI is InChI=1S/C18H17NO3S2/c1-21-11-5-10-19-17(20)16(24-18(19)23)12-14-8-9-15(22-14)13-6-3-2-4-7-13/h2-4,6-9,12H,5,10-11H2,1H3. The van der Waals surface area contributed by atoms with Gasteiger partial charge in [0.25, 0.3) is 5.91 Å². The number of thioether (sulfide) groups is 1. The zero-order valence-corrected chi connectivity index (χ0v) is 14.9. The van der Waals surface area contributed by atoms with Gasteiger partial charge < -0.3 is 9.15 Å². The number of nitrogens with zero attached hydrogens (tertiary/aromatic N) is 1. The number of benzene rings is 1. The third-order valence-electron chi connectivity index (χ3n) is 3.56. The molecule has 1 amide bonds. The van der Waals surface area contributed by atoms with Gasteiger partial charge in [-0.3, -0.25) is 9.69 Å². The highest BCUT2D eigenvalue weighted by atomic mass is 32.2. The summed E-state index contributed by atoms with van der Waals surface area (Å²) in [5.41, 5.74) is 1.00. The molecular formula is C18H17NO3S2. The van der Waals surface area contributed by atoms with E-state index in [1.807, 2.05) is 42.5 Å². The Bertz CT molecular complexity index is 768. The zero-order valence-electron chi connectivity index (χ0n) is 13.2. The van der Waals surface area contributed by atoms with Crippen molar-refractivity contribution in [2.75, 3.05) is 20.3 Å². The fourth-order valence-electron chi connectivity index (χ4n) is 2.38. The number of rotatable bonds is 6. The lowest BCUT2D eigenvalue weighted by Gasteiger charge is -2.13. The molecule has 0 saturated carbocycles. The number of thiocarbonyl (C=S) groups is 1. The van der Waals surface area contributed by atoms with Crippen molar-refractivity contribution in [3.8, 4) is 11.3 Å². The van der Waals surface area contributed by atoms with Crippen molar-refractivity contribution in [2.45, 2.75) is 6.42 Å². The summed E-state index contributed by atoms with van der Waals surface area (Å²) in [4.78, 5) is 14.7. The van der Waals surface area contributed by atoms with Crippen molar-refractivity contribution in [2.24, 2.45) is 0 Å². The smallest absolute Gasteiger partial charge is 0.266 e. The molecule has 2 heterocycles. The van der Waals surface area contributed by atoms with Gasteiger partial charge >= 0.3 is 0 Å². The molecule has 6 heteroatoms. The van der Waals surface area contributed by atoms with E-state index in [2.05, 4.69) is 0 Å². The number of hydrogen-bond donors (Lipinski definition) is 0.